The Morgan fingerprint density at radius 1 is 1.24 bits per heavy atom. The predicted molar refractivity (Wildman–Crippen MR) is 83.4 cm³/mol. The predicted octanol–water partition coefficient (Wildman–Crippen LogP) is 3.16. The highest BCUT2D eigenvalue weighted by molar-refractivity contribution is 5.68. The third-order valence-electron chi connectivity index (χ3n) is 5.54. The summed E-state index contributed by atoms with van der Waals surface area (Å²) in [4.78, 5) is 13.9. The number of hydrogen-bond donors (Lipinski definition) is 1. The van der Waals surface area contributed by atoms with Crippen molar-refractivity contribution in [2.24, 2.45) is 11.3 Å². The first kappa shape index (κ1) is 16.8. The van der Waals surface area contributed by atoms with Gasteiger partial charge in [0, 0.05) is 18.6 Å². The van der Waals surface area contributed by atoms with Crippen molar-refractivity contribution < 1.29 is 14.6 Å². The Hall–Kier alpha value is -0.610. The van der Waals surface area contributed by atoms with Crippen molar-refractivity contribution >= 4 is 5.97 Å². The number of ether oxygens (including phenoxy) is 1. The van der Waals surface area contributed by atoms with Crippen LogP contribution in [0.4, 0.5) is 0 Å². The molecule has 1 saturated heterocycles. The van der Waals surface area contributed by atoms with Gasteiger partial charge in [0.25, 0.3) is 0 Å². The molecule has 2 aliphatic rings. The molecule has 4 heteroatoms. The van der Waals surface area contributed by atoms with Crippen molar-refractivity contribution in [1.29, 1.82) is 0 Å². The van der Waals surface area contributed by atoms with Crippen molar-refractivity contribution in [1.82, 2.24) is 4.90 Å². The highest BCUT2D eigenvalue weighted by Gasteiger charge is 2.42. The monoisotopic (exact) mass is 297 g/mol. The van der Waals surface area contributed by atoms with E-state index in [-0.39, 0.29) is 12.0 Å². The number of nitrogens with zero attached hydrogens (tertiary/aromatic N) is 1. The fourth-order valence-corrected chi connectivity index (χ4v) is 4.18. The van der Waals surface area contributed by atoms with Crippen LogP contribution in [0.1, 0.15) is 59.3 Å². The second-order valence-corrected chi connectivity index (χ2v) is 7.89. The van der Waals surface area contributed by atoms with Crippen LogP contribution in [0.5, 0.6) is 0 Å². The van der Waals surface area contributed by atoms with Gasteiger partial charge in [0.15, 0.2) is 0 Å². The molecule has 1 aliphatic carbocycles. The van der Waals surface area contributed by atoms with E-state index in [1.165, 1.54) is 6.42 Å². The van der Waals surface area contributed by atoms with Crippen molar-refractivity contribution in [3.05, 3.63) is 0 Å². The van der Waals surface area contributed by atoms with Crippen LogP contribution in [0.25, 0.3) is 0 Å². The minimum absolute atomic E-state index is 0.143. The molecular formula is C17H31NO3. The molecule has 2 atom stereocenters. The molecule has 4 nitrogen and oxygen atoms in total. The molecular weight excluding hydrogens is 266 g/mol. The van der Waals surface area contributed by atoms with Crippen LogP contribution in [-0.2, 0) is 9.53 Å². The third kappa shape index (κ3) is 4.19. The third-order valence-corrected chi connectivity index (χ3v) is 5.54. The molecule has 1 saturated carbocycles. The van der Waals surface area contributed by atoms with E-state index in [2.05, 4.69) is 25.7 Å². The molecule has 0 spiro atoms. The lowest BCUT2D eigenvalue weighted by molar-refractivity contribution is -0.142. The molecule has 1 aliphatic heterocycles. The van der Waals surface area contributed by atoms with Gasteiger partial charge in [0.1, 0.15) is 0 Å². The van der Waals surface area contributed by atoms with Crippen LogP contribution in [0, 0.1) is 11.3 Å². The smallest absolute Gasteiger partial charge is 0.305 e. The second kappa shape index (κ2) is 6.66. The largest absolute Gasteiger partial charge is 0.481 e. The van der Waals surface area contributed by atoms with Crippen LogP contribution >= 0.6 is 0 Å². The summed E-state index contributed by atoms with van der Waals surface area (Å²) in [5, 5.41) is 9.42. The summed E-state index contributed by atoms with van der Waals surface area (Å²) in [6, 6.07) is 0. The molecule has 2 unspecified atom stereocenters. The Labute approximate surface area is 128 Å². The van der Waals surface area contributed by atoms with Gasteiger partial charge >= 0.3 is 5.97 Å². The van der Waals surface area contributed by atoms with Gasteiger partial charge in [-0.25, -0.2) is 0 Å². The van der Waals surface area contributed by atoms with E-state index in [1.54, 1.807) is 0 Å². The molecule has 0 aromatic carbocycles. The van der Waals surface area contributed by atoms with Gasteiger partial charge in [0.2, 0.25) is 0 Å². The Balaban J connectivity index is 2.14. The molecule has 21 heavy (non-hydrogen) atoms. The number of hydrogen-bond acceptors (Lipinski definition) is 3. The Morgan fingerprint density at radius 3 is 2.48 bits per heavy atom. The molecule has 1 heterocycles. The van der Waals surface area contributed by atoms with Gasteiger partial charge in [0.05, 0.1) is 19.6 Å². The lowest BCUT2D eigenvalue weighted by atomic mass is 9.75. The van der Waals surface area contributed by atoms with Gasteiger partial charge < -0.3 is 9.84 Å². The first-order valence-corrected chi connectivity index (χ1v) is 8.38. The number of morpholine rings is 1. The minimum Gasteiger partial charge on any atom is -0.481 e. The maximum absolute atomic E-state index is 11.4. The topological polar surface area (TPSA) is 49.8 Å². The van der Waals surface area contributed by atoms with E-state index in [0.717, 1.165) is 52.0 Å². The fraction of sp³-hybridized carbons (Fsp3) is 0.941. The average Bonchev–Trinajstić information content (AvgIpc) is 2.62. The highest BCUT2D eigenvalue weighted by Crippen LogP contribution is 2.43. The fourth-order valence-electron chi connectivity index (χ4n) is 4.18. The second-order valence-electron chi connectivity index (χ2n) is 7.89. The standard InChI is InChI=1S/C17H31NO3/c1-16(2,3)14-5-4-7-17(8-6-14,13-15(19)20)18-9-11-21-12-10-18/h14H,4-13H2,1-3H3,(H,19,20). The van der Waals surface area contributed by atoms with E-state index in [4.69, 9.17) is 4.74 Å². The Kier molecular flexibility index (Phi) is 5.31. The zero-order chi connectivity index (χ0) is 15.5. The molecule has 0 aromatic rings. The van der Waals surface area contributed by atoms with Crippen LogP contribution in [0.3, 0.4) is 0 Å². The maximum Gasteiger partial charge on any atom is 0.305 e. The first-order valence-electron chi connectivity index (χ1n) is 8.38. The number of rotatable bonds is 3. The lowest BCUT2D eigenvalue weighted by Gasteiger charge is -2.45. The zero-order valence-electron chi connectivity index (χ0n) is 13.9. The molecule has 2 fully saturated rings. The molecule has 122 valence electrons. The van der Waals surface area contributed by atoms with Crippen LogP contribution in [-0.4, -0.2) is 47.8 Å². The van der Waals surface area contributed by atoms with Gasteiger partial charge in [-0.15, -0.1) is 0 Å². The summed E-state index contributed by atoms with van der Waals surface area (Å²) >= 11 is 0. The molecule has 2 rings (SSSR count). The summed E-state index contributed by atoms with van der Waals surface area (Å²) in [5.74, 6) is 0.0462. The lowest BCUT2D eigenvalue weighted by Crippen LogP contribution is -2.54. The average molecular weight is 297 g/mol. The van der Waals surface area contributed by atoms with Crippen molar-refractivity contribution in [2.45, 2.75) is 64.8 Å². The van der Waals surface area contributed by atoms with Crippen molar-refractivity contribution in [3.63, 3.8) is 0 Å². The molecule has 0 amide bonds. The number of carboxylic acids is 1. The zero-order valence-corrected chi connectivity index (χ0v) is 13.9. The molecule has 0 bridgehead atoms. The number of carboxylic acid groups (broad SMARTS) is 1. The summed E-state index contributed by atoms with van der Waals surface area (Å²) in [5.41, 5.74) is 0.180. The molecule has 0 aromatic heterocycles. The van der Waals surface area contributed by atoms with E-state index < -0.39 is 5.97 Å². The van der Waals surface area contributed by atoms with Crippen molar-refractivity contribution in [3.8, 4) is 0 Å². The quantitative estimate of drug-likeness (QED) is 0.813. The van der Waals surface area contributed by atoms with Crippen molar-refractivity contribution in [2.75, 3.05) is 26.3 Å². The van der Waals surface area contributed by atoms with Gasteiger partial charge in [-0.2, -0.15) is 0 Å². The Morgan fingerprint density at radius 2 is 1.90 bits per heavy atom. The van der Waals surface area contributed by atoms with Crippen LogP contribution in [0.15, 0.2) is 0 Å². The molecule has 0 radical (unpaired) electrons. The first-order chi connectivity index (χ1) is 9.83. The SMILES string of the molecule is CC(C)(C)C1CCCC(CC(=O)O)(N2CCOCC2)CC1. The van der Waals surface area contributed by atoms with Gasteiger partial charge in [-0.1, -0.05) is 27.2 Å². The summed E-state index contributed by atoms with van der Waals surface area (Å²) in [7, 11) is 0. The number of aliphatic carboxylic acids is 1. The maximum atomic E-state index is 11.4. The normalized spacial score (nSPS) is 32.6. The summed E-state index contributed by atoms with van der Waals surface area (Å²) < 4.78 is 5.46. The van der Waals surface area contributed by atoms with Gasteiger partial charge in [-0.3, -0.25) is 9.69 Å². The van der Waals surface area contributed by atoms with Crippen LogP contribution in [0.2, 0.25) is 0 Å². The highest BCUT2D eigenvalue weighted by atomic mass is 16.5. The van der Waals surface area contributed by atoms with E-state index in [0.29, 0.717) is 11.3 Å². The summed E-state index contributed by atoms with van der Waals surface area (Å²) in [6.07, 6.45) is 5.84. The van der Waals surface area contributed by atoms with Gasteiger partial charge in [-0.05, 0) is 37.0 Å². The summed E-state index contributed by atoms with van der Waals surface area (Å²) in [6.45, 7) is 10.2. The van der Waals surface area contributed by atoms with E-state index >= 15 is 0 Å². The minimum atomic E-state index is -0.657. The van der Waals surface area contributed by atoms with E-state index in [9.17, 15) is 9.90 Å². The van der Waals surface area contributed by atoms with Crippen LogP contribution < -0.4 is 0 Å². The molecule has 1 N–H and O–H groups in total. The Bertz CT molecular complexity index is 358. The van der Waals surface area contributed by atoms with E-state index in [1.807, 2.05) is 0 Å². The number of carbonyl (C=O) groups is 1.